The van der Waals surface area contributed by atoms with Gasteiger partial charge in [0, 0.05) is 18.3 Å². The Labute approximate surface area is 143 Å². The maximum absolute atomic E-state index is 12.4. The van der Waals surface area contributed by atoms with Crippen molar-refractivity contribution in [2.75, 3.05) is 10.0 Å². The van der Waals surface area contributed by atoms with E-state index in [9.17, 15) is 13.2 Å². The number of anilines is 2. The second-order valence-electron chi connectivity index (χ2n) is 6.11. The Morgan fingerprint density at radius 1 is 0.958 bits per heavy atom. The van der Waals surface area contributed by atoms with Gasteiger partial charge in [-0.15, -0.1) is 0 Å². The minimum absolute atomic E-state index is 0.142. The van der Waals surface area contributed by atoms with Gasteiger partial charge in [0.2, 0.25) is 5.91 Å². The summed E-state index contributed by atoms with van der Waals surface area (Å²) in [4.78, 5) is 11.1. The molecule has 0 aliphatic heterocycles. The molecule has 0 aromatic heterocycles. The monoisotopic (exact) mass is 346 g/mol. The number of rotatable bonds is 6. The summed E-state index contributed by atoms with van der Waals surface area (Å²) in [6, 6.07) is 13.4. The zero-order chi connectivity index (χ0) is 17.7. The normalized spacial score (nSPS) is 11.3. The molecular formula is C18H22N2O3S. The van der Waals surface area contributed by atoms with Crippen LogP contribution in [0.4, 0.5) is 11.4 Å². The van der Waals surface area contributed by atoms with E-state index in [2.05, 4.69) is 23.9 Å². The van der Waals surface area contributed by atoms with Gasteiger partial charge in [0.15, 0.2) is 0 Å². The van der Waals surface area contributed by atoms with Gasteiger partial charge in [-0.2, -0.15) is 0 Å². The van der Waals surface area contributed by atoms with Gasteiger partial charge in [-0.3, -0.25) is 9.52 Å². The molecule has 0 fully saturated rings. The Morgan fingerprint density at radius 2 is 1.50 bits per heavy atom. The predicted octanol–water partition coefficient (Wildman–Crippen LogP) is 3.64. The van der Waals surface area contributed by atoms with Gasteiger partial charge in [0.25, 0.3) is 10.0 Å². The van der Waals surface area contributed by atoms with Crippen LogP contribution in [0.3, 0.4) is 0 Å². The van der Waals surface area contributed by atoms with Crippen molar-refractivity contribution in [2.24, 2.45) is 5.92 Å². The molecule has 1 amide bonds. The van der Waals surface area contributed by atoms with Crippen LogP contribution in [0.2, 0.25) is 0 Å². The fraction of sp³-hybridized carbons (Fsp3) is 0.278. The summed E-state index contributed by atoms with van der Waals surface area (Å²) in [7, 11) is -3.66. The topological polar surface area (TPSA) is 75.3 Å². The average molecular weight is 346 g/mol. The highest BCUT2D eigenvalue weighted by atomic mass is 32.2. The van der Waals surface area contributed by atoms with Crippen LogP contribution in [0.1, 0.15) is 26.3 Å². The van der Waals surface area contributed by atoms with Crippen molar-refractivity contribution in [1.29, 1.82) is 0 Å². The van der Waals surface area contributed by atoms with Gasteiger partial charge < -0.3 is 5.32 Å². The summed E-state index contributed by atoms with van der Waals surface area (Å²) in [6.45, 7) is 5.68. The third-order valence-electron chi connectivity index (χ3n) is 3.34. The van der Waals surface area contributed by atoms with Gasteiger partial charge in [-0.05, 0) is 54.3 Å². The van der Waals surface area contributed by atoms with Crippen molar-refractivity contribution in [1.82, 2.24) is 0 Å². The molecule has 6 heteroatoms. The van der Waals surface area contributed by atoms with E-state index >= 15 is 0 Å². The first-order chi connectivity index (χ1) is 11.3. The van der Waals surface area contributed by atoms with Crippen LogP contribution in [0.15, 0.2) is 53.4 Å². The molecule has 0 aliphatic carbocycles. The maximum atomic E-state index is 12.4. The van der Waals surface area contributed by atoms with E-state index in [-0.39, 0.29) is 10.8 Å². The molecule has 0 aliphatic rings. The van der Waals surface area contributed by atoms with Crippen molar-refractivity contribution in [2.45, 2.75) is 32.1 Å². The van der Waals surface area contributed by atoms with Crippen LogP contribution in [0, 0.1) is 5.92 Å². The molecule has 0 atom stereocenters. The SMILES string of the molecule is CC(=O)Nc1ccc(S(=O)(=O)Nc2ccc(CC(C)C)cc2)cc1. The van der Waals surface area contributed by atoms with Gasteiger partial charge >= 0.3 is 0 Å². The number of benzene rings is 2. The third kappa shape index (κ3) is 5.09. The van der Waals surface area contributed by atoms with E-state index in [1.165, 1.54) is 24.6 Å². The number of nitrogens with one attached hydrogen (secondary N) is 2. The van der Waals surface area contributed by atoms with Gasteiger partial charge in [-0.1, -0.05) is 26.0 Å². The molecule has 128 valence electrons. The Balaban J connectivity index is 2.11. The Hall–Kier alpha value is -2.34. The molecular weight excluding hydrogens is 324 g/mol. The lowest BCUT2D eigenvalue weighted by Crippen LogP contribution is -2.13. The molecule has 2 aromatic carbocycles. The molecule has 0 heterocycles. The average Bonchev–Trinajstić information content (AvgIpc) is 2.48. The molecule has 0 bridgehead atoms. The molecule has 0 saturated carbocycles. The minimum Gasteiger partial charge on any atom is -0.326 e. The zero-order valence-electron chi connectivity index (χ0n) is 14.0. The summed E-state index contributed by atoms with van der Waals surface area (Å²) in [5.74, 6) is 0.347. The van der Waals surface area contributed by atoms with E-state index in [1.54, 1.807) is 24.3 Å². The first-order valence-electron chi connectivity index (χ1n) is 7.75. The first kappa shape index (κ1) is 18.0. The lowest BCUT2D eigenvalue weighted by atomic mass is 10.0. The highest BCUT2D eigenvalue weighted by Crippen LogP contribution is 2.19. The Kier molecular flexibility index (Phi) is 5.62. The third-order valence-corrected chi connectivity index (χ3v) is 4.73. The van der Waals surface area contributed by atoms with Crippen molar-refractivity contribution in [3.8, 4) is 0 Å². The van der Waals surface area contributed by atoms with Crippen LogP contribution in [-0.4, -0.2) is 14.3 Å². The molecule has 24 heavy (non-hydrogen) atoms. The number of hydrogen-bond acceptors (Lipinski definition) is 3. The number of amides is 1. The molecule has 0 saturated heterocycles. The largest absolute Gasteiger partial charge is 0.326 e. The summed E-state index contributed by atoms with van der Waals surface area (Å²) >= 11 is 0. The fourth-order valence-electron chi connectivity index (χ4n) is 2.32. The minimum atomic E-state index is -3.66. The molecule has 2 rings (SSSR count). The molecule has 2 aromatic rings. The highest BCUT2D eigenvalue weighted by molar-refractivity contribution is 7.92. The van der Waals surface area contributed by atoms with E-state index in [0.29, 0.717) is 17.3 Å². The fourth-order valence-corrected chi connectivity index (χ4v) is 3.37. The Morgan fingerprint density at radius 3 is 2.00 bits per heavy atom. The smallest absolute Gasteiger partial charge is 0.261 e. The van der Waals surface area contributed by atoms with Crippen molar-refractivity contribution < 1.29 is 13.2 Å². The summed E-state index contributed by atoms with van der Waals surface area (Å²) < 4.78 is 27.4. The maximum Gasteiger partial charge on any atom is 0.261 e. The first-order valence-corrected chi connectivity index (χ1v) is 9.24. The molecule has 0 unspecified atom stereocenters. The van der Waals surface area contributed by atoms with Crippen molar-refractivity contribution in [3.05, 3.63) is 54.1 Å². The van der Waals surface area contributed by atoms with Crippen molar-refractivity contribution in [3.63, 3.8) is 0 Å². The second-order valence-corrected chi connectivity index (χ2v) is 7.79. The summed E-state index contributed by atoms with van der Waals surface area (Å²) in [5, 5.41) is 2.60. The molecule has 5 nitrogen and oxygen atoms in total. The van der Waals surface area contributed by atoms with E-state index in [1.807, 2.05) is 12.1 Å². The lowest BCUT2D eigenvalue weighted by molar-refractivity contribution is -0.114. The van der Waals surface area contributed by atoms with E-state index < -0.39 is 10.0 Å². The number of hydrogen-bond donors (Lipinski definition) is 2. The number of carbonyl (C=O) groups excluding carboxylic acids is 1. The summed E-state index contributed by atoms with van der Waals surface area (Å²) in [6.07, 6.45) is 0.956. The van der Waals surface area contributed by atoms with E-state index in [4.69, 9.17) is 0 Å². The predicted molar refractivity (Wildman–Crippen MR) is 96.5 cm³/mol. The quantitative estimate of drug-likeness (QED) is 0.838. The van der Waals surface area contributed by atoms with Crippen LogP contribution in [-0.2, 0) is 21.2 Å². The standard InChI is InChI=1S/C18H22N2O3S/c1-13(2)12-15-4-6-17(7-5-15)20-24(22,23)18-10-8-16(9-11-18)19-14(3)21/h4-11,13,20H,12H2,1-3H3,(H,19,21). The molecule has 2 N–H and O–H groups in total. The highest BCUT2D eigenvalue weighted by Gasteiger charge is 2.14. The summed E-state index contributed by atoms with van der Waals surface area (Å²) in [5.41, 5.74) is 2.25. The van der Waals surface area contributed by atoms with Gasteiger partial charge in [0.05, 0.1) is 4.90 Å². The van der Waals surface area contributed by atoms with Crippen LogP contribution >= 0.6 is 0 Å². The molecule has 0 radical (unpaired) electrons. The van der Waals surface area contributed by atoms with Crippen LogP contribution in [0.25, 0.3) is 0 Å². The van der Waals surface area contributed by atoms with Gasteiger partial charge in [0.1, 0.15) is 0 Å². The number of sulfonamides is 1. The van der Waals surface area contributed by atoms with Gasteiger partial charge in [-0.25, -0.2) is 8.42 Å². The molecule has 0 spiro atoms. The van der Waals surface area contributed by atoms with E-state index in [0.717, 1.165) is 6.42 Å². The van der Waals surface area contributed by atoms with Crippen molar-refractivity contribution >= 4 is 27.3 Å². The number of carbonyl (C=O) groups is 1. The lowest BCUT2D eigenvalue weighted by Gasteiger charge is -2.10. The Bertz CT molecular complexity index is 795. The zero-order valence-corrected chi connectivity index (χ0v) is 14.9. The van der Waals surface area contributed by atoms with Crippen LogP contribution in [0.5, 0.6) is 0 Å². The van der Waals surface area contributed by atoms with Crippen LogP contribution < -0.4 is 10.0 Å². The second kappa shape index (κ2) is 7.49.